The lowest BCUT2D eigenvalue weighted by molar-refractivity contribution is -0.134. The van der Waals surface area contributed by atoms with Gasteiger partial charge in [0.25, 0.3) is 5.91 Å². The minimum atomic E-state index is -0.184. The molecule has 2 heterocycles. The highest BCUT2D eigenvalue weighted by molar-refractivity contribution is 6.31. The number of hydrogen-bond acceptors (Lipinski definition) is 4. The van der Waals surface area contributed by atoms with E-state index >= 15 is 0 Å². The van der Waals surface area contributed by atoms with Gasteiger partial charge in [-0.25, -0.2) is 5.01 Å². The lowest BCUT2D eigenvalue weighted by atomic mass is 9.98. The first kappa shape index (κ1) is 22.8. The Morgan fingerprint density at radius 2 is 1.44 bits per heavy atom. The Morgan fingerprint density at radius 3 is 2.15 bits per heavy atom. The van der Waals surface area contributed by atoms with Gasteiger partial charge in [-0.15, -0.1) is 0 Å². The molecule has 174 valence electrons. The Bertz CT molecular complexity index is 1140. The van der Waals surface area contributed by atoms with Crippen molar-refractivity contribution >= 4 is 23.2 Å². The fourth-order valence-electron chi connectivity index (χ4n) is 4.74. The zero-order valence-corrected chi connectivity index (χ0v) is 19.9. The molecule has 0 bridgehead atoms. The molecule has 0 aliphatic carbocycles. The van der Waals surface area contributed by atoms with E-state index in [1.54, 1.807) is 5.01 Å². The summed E-state index contributed by atoms with van der Waals surface area (Å²) in [6.07, 6.45) is 0.657. The van der Waals surface area contributed by atoms with Crippen LogP contribution in [0, 0.1) is 0 Å². The van der Waals surface area contributed by atoms with Crippen LogP contribution in [-0.2, 0) is 11.3 Å². The van der Waals surface area contributed by atoms with E-state index in [0.717, 1.165) is 49.6 Å². The maximum atomic E-state index is 13.5. The molecule has 3 aromatic rings. The number of amides is 1. The van der Waals surface area contributed by atoms with Gasteiger partial charge in [0, 0.05) is 44.2 Å². The molecule has 0 unspecified atom stereocenters. The van der Waals surface area contributed by atoms with E-state index in [1.807, 2.05) is 60.7 Å². The minimum Gasteiger partial charge on any atom is -0.297 e. The molecule has 5 nitrogen and oxygen atoms in total. The Labute approximate surface area is 206 Å². The molecule has 5 rings (SSSR count). The lowest BCUT2D eigenvalue weighted by Crippen LogP contribution is -2.49. The summed E-state index contributed by atoms with van der Waals surface area (Å²) in [6, 6.07) is 28.2. The summed E-state index contributed by atoms with van der Waals surface area (Å²) in [5, 5.41) is 7.14. The molecule has 3 aromatic carbocycles. The fourth-order valence-corrected chi connectivity index (χ4v) is 5.01. The van der Waals surface area contributed by atoms with Crippen LogP contribution in [0.25, 0.3) is 0 Å². The molecular weight excluding hydrogens is 444 g/mol. The van der Waals surface area contributed by atoms with Gasteiger partial charge in [0.2, 0.25) is 0 Å². The van der Waals surface area contributed by atoms with Crippen molar-refractivity contribution in [3.63, 3.8) is 0 Å². The van der Waals surface area contributed by atoms with Crippen LogP contribution >= 0.6 is 11.6 Å². The largest absolute Gasteiger partial charge is 0.297 e. The predicted molar refractivity (Wildman–Crippen MR) is 137 cm³/mol. The van der Waals surface area contributed by atoms with Crippen molar-refractivity contribution in [1.82, 2.24) is 14.8 Å². The van der Waals surface area contributed by atoms with Gasteiger partial charge < -0.3 is 0 Å². The van der Waals surface area contributed by atoms with Gasteiger partial charge in [-0.1, -0.05) is 90.5 Å². The number of rotatable bonds is 6. The first-order valence-corrected chi connectivity index (χ1v) is 12.2. The summed E-state index contributed by atoms with van der Waals surface area (Å²) < 4.78 is 0. The van der Waals surface area contributed by atoms with Gasteiger partial charge in [0.15, 0.2) is 0 Å². The highest BCUT2D eigenvalue weighted by Crippen LogP contribution is 2.36. The molecule has 34 heavy (non-hydrogen) atoms. The Kier molecular flexibility index (Phi) is 7.05. The van der Waals surface area contributed by atoms with Crippen LogP contribution in [0.2, 0.25) is 5.02 Å². The van der Waals surface area contributed by atoms with Crippen molar-refractivity contribution in [3.05, 3.63) is 107 Å². The minimum absolute atomic E-state index is 0.0207. The Morgan fingerprint density at radius 1 is 0.824 bits per heavy atom. The molecule has 1 fully saturated rings. The van der Waals surface area contributed by atoms with E-state index in [9.17, 15) is 4.79 Å². The van der Waals surface area contributed by atoms with E-state index in [4.69, 9.17) is 16.7 Å². The van der Waals surface area contributed by atoms with E-state index in [0.29, 0.717) is 18.0 Å². The third-order valence-corrected chi connectivity index (χ3v) is 6.95. The lowest BCUT2D eigenvalue weighted by Gasteiger charge is -2.35. The van der Waals surface area contributed by atoms with E-state index in [-0.39, 0.29) is 11.9 Å². The molecule has 1 saturated heterocycles. The van der Waals surface area contributed by atoms with Crippen LogP contribution in [0.1, 0.15) is 29.2 Å². The highest BCUT2D eigenvalue weighted by atomic mass is 35.5. The van der Waals surface area contributed by atoms with Crippen molar-refractivity contribution in [2.24, 2.45) is 5.10 Å². The molecule has 0 aromatic heterocycles. The molecule has 0 N–H and O–H groups in total. The second kappa shape index (κ2) is 10.5. The van der Waals surface area contributed by atoms with Crippen molar-refractivity contribution in [2.75, 3.05) is 32.7 Å². The van der Waals surface area contributed by atoms with Crippen molar-refractivity contribution in [2.45, 2.75) is 19.0 Å². The summed E-state index contributed by atoms with van der Waals surface area (Å²) in [5.74, 6) is 0.0207. The standard InChI is InChI=1S/C28H29ClN4O/c29-25-14-8-7-13-24(25)27-19-26(23-11-5-2-6-12-23)30-33(27)28(34)21-32-17-15-31(16-18-32)20-22-9-3-1-4-10-22/h1-14,27H,15-21H2/t27-/m1/s1. The van der Waals surface area contributed by atoms with Crippen LogP contribution in [0.3, 0.4) is 0 Å². The van der Waals surface area contributed by atoms with Gasteiger partial charge in [0.05, 0.1) is 18.3 Å². The molecule has 0 spiro atoms. The van der Waals surface area contributed by atoms with Crippen LogP contribution in [0.5, 0.6) is 0 Å². The second-order valence-corrected chi connectivity index (χ2v) is 9.34. The molecule has 0 saturated carbocycles. The molecule has 2 aliphatic rings. The quantitative estimate of drug-likeness (QED) is 0.515. The van der Waals surface area contributed by atoms with Crippen LogP contribution in [-0.4, -0.2) is 59.2 Å². The van der Waals surface area contributed by atoms with Gasteiger partial charge in [0.1, 0.15) is 0 Å². The summed E-state index contributed by atoms with van der Waals surface area (Å²) in [4.78, 5) is 18.2. The molecule has 1 atom stereocenters. The number of hydrazone groups is 1. The fraction of sp³-hybridized carbons (Fsp3) is 0.286. The maximum Gasteiger partial charge on any atom is 0.257 e. The summed E-state index contributed by atoms with van der Waals surface area (Å²) in [5.41, 5.74) is 4.24. The topological polar surface area (TPSA) is 39.2 Å². The van der Waals surface area contributed by atoms with Gasteiger partial charge in [-0.3, -0.25) is 14.6 Å². The number of halogens is 1. The first-order valence-electron chi connectivity index (χ1n) is 11.9. The molecule has 6 heteroatoms. The maximum absolute atomic E-state index is 13.5. The Balaban J connectivity index is 1.27. The number of carbonyl (C=O) groups is 1. The van der Waals surface area contributed by atoms with Crippen molar-refractivity contribution in [1.29, 1.82) is 0 Å². The third kappa shape index (κ3) is 5.22. The summed E-state index contributed by atoms with van der Waals surface area (Å²) >= 11 is 6.54. The monoisotopic (exact) mass is 472 g/mol. The van der Waals surface area contributed by atoms with E-state index in [1.165, 1.54) is 5.56 Å². The van der Waals surface area contributed by atoms with Crippen molar-refractivity contribution < 1.29 is 4.79 Å². The smallest absolute Gasteiger partial charge is 0.257 e. The molecule has 1 amide bonds. The number of piperazine rings is 1. The summed E-state index contributed by atoms with van der Waals surface area (Å²) in [6.45, 7) is 4.97. The van der Waals surface area contributed by atoms with Crippen LogP contribution in [0.4, 0.5) is 0 Å². The summed E-state index contributed by atoms with van der Waals surface area (Å²) in [7, 11) is 0. The number of nitrogens with zero attached hydrogens (tertiary/aromatic N) is 4. The van der Waals surface area contributed by atoms with Gasteiger partial charge >= 0.3 is 0 Å². The van der Waals surface area contributed by atoms with Crippen LogP contribution < -0.4 is 0 Å². The van der Waals surface area contributed by atoms with Crippen LogP contribution in [0.15, 0.2) is 90.0 Å². The highest BCUT2D eigenvalue weighted by Gasteiger charge is 2.35. The SMILES string of the molecule is O=C(CN1CCN(Cc2ccccc2)CC1)N1N=C(c2ccccc2)C[C@@H]1c1ccccc1Cl. The predicted octanol–water partition coefficient (Wildman–Crippen LogP) is 4.84. The third-order valence-electron chi connectivity index (χ3n) is 6.61. The average Bonchev–Trinajstić information content (AvgIpc) is 3.32. The zero-order chi connectivity index (χ0) is 23.3. The van der Waals surface area contributed by atoms with E-state index in [2.05, 4.69) is 34.1 Å². The van der Waals surface area contributed by atoms with Gasteiger partial charge in [-0.2, -0.15) is 5.10 Å². The Hall–Kier alpha value is -2.99. The normalized spacial score (nSPS) is 19.3. The van der Waals surface area contributed by atoms with E-state index < -0.39 is 0 Å². The number of carbonyl (C=O) groups excluding carboxylic acids is 1. The van der Waals surface area contributed by atoms with Gasteiger partial charge in [-0.05, 0) is 22.8 Å². The second-order valence-electron chi connectivity index (χ2n) is 8.93. The molecule has 0 radical (unpaired) electrons. The molecular formula is C28H29ClN4O. The number of benzene rings is 3. The zero-order valence-electron chi connectivity index (χ0n) is 19.2. The van der Waals surface area contributed by atoms with Crippen molar-refractivity contribution in [3.8, 4) is 0 Å². The number of hydrogen-bond donors (Lipinski definition) is 0. The first-order chi connectivity index (χ1) is 16.7. The average molecular weight is 473 g/mol. The molecule has 2 aliphatic heterocycles.